The van der Waals surface area contributed by atoms with Crippen molar-refractivity contribution in [2.45, 2.75) is 72.6 Å². The number of hydrogen-bond acceptors (Lipinski definition) is 9. The van der Waals surface area contributed by atoms with Gasteiger partial charge in [-0.25, -0.2) is 4.79 Å². The first-order valence-electron chi connectivity index (χ1n) is 10.2. The smallest absolute Gasteiger partial charge is 0.431 e. The number of alkyl halides is 4. The minimum absolute atomic E-state index is 0.264. The average molecular weight is 525 g/mol. The summed E-state index contributed by atoms with van der Waals surface area (Å²) >= 11 is 1.42. The van der Waals surface area contributed by atoms with E-state index >= 15 is 0 Å². The van der Waals surface area contributed by atoms with Gasteiger partial charge < -0.3 is 19.3 Å². The number of ether oxygens (including phenoxy) is 3. The van der Waals surface area contributed by atoms with Crippen LogP contribution in [0.2, 0.25) is 0 Å². The van der Waals surface area contributed by atoms with Gasteiger partial charge in [0.1, 0.15) is 18.8 Å². The van der Waals surface area contributed by atoms with Crippen molar-refractivity contribution in [1.29, 1.82) is 0 Å². The summed E-state index contributed by atoms with van der Waals surface area (Å²) in [6.45, 7) is 1.54. The van der Waals surface area contributed by atoms with Gasteiger partial charge in [0.25, 0.3) is 0 Å². The van der Waals surface area contributed by atoms with Crippen molar-refractivity contribution in [3.63, 3.8) is 0 Å². The molecule has 6 unspecified atom stereocenters. The molecule has 0 aliphatic carbocycles. The first-order chi connectivity index (χ1) is 15.1. The van der Waals surface area contributed by atoms with Gasteiger partial charge in [-0.1, -0.05) is 13.8 Å². The number of halogens is 4. The monoisotopic (exact) mass is 524 g/mol. The van der Waals surface area contributed by atoms with Gasteiger partial charge in [-0.15, -0.1) is 11.8 Å². The molecule has 0 radical (unpaired) electrons. The Labute approximate surface area is 191 Å². The predicted octanol–water partition coefficient (Wildman–Crippen LogP) is 1.63. The van der Waals surface area contributed by atoms with Crippen molar-refractivity contribution >= 4 is 33.8 Å². The molecular formula is C18H24F4O9S2. The Morgan fingerprint density at radius 2 is 1.79 bits per heavy atom. The lowest BCUT2D eigenvalue weighted by Crippen LogP contribution is -2.53. The maximum Gasteiger partial charge on any atom is 0.431 e. The molecule has 33 heavy (non-hydrogen) atoms. The van der Waals surface area contributed by atoms with E-state index in [-0.39, 0.29) is 10.5 Å². The van der Waals surface area contributed by atoms with Crippen LogP contribution in [0.4, 0.5) is 17.6 Å². The number of esters is 2. The highest BCUT2D eigenvalue weighted by Gasteiger charge is 2.71. The fraction of sp³-hybridized carbons (Fsp3) is 0.889. The van der Waals surface area contributed by atoms with E-state index in [1.165, 1.54) is 11.8 Å². The van der Waals surface area contributed by atoms with Crippen LogP contribution in [-0.4, -0.2) is 82.7 Å². The predicted molar refractivity (Wildman–Crippen MR) is 104 cm³/mol. The third-order valence-electron chi connectivity index (χ3n) is 6.57. The number of carbonyl (C=O) groups is 2. The van der Waals surface area contributed by atoms with Crippen LogP contribution < -0.4 is 0 Å². The second kappa shape index (κ2) is 8.81. The Bertz CT molecular complexity index is 893. The van der Waals surface area contributed by atoms with Crippen LogP contribution >= 0.6 is 11.8 Å². The molecule has 3 rings (SSSR count). The summed E-state index contributed by atoms with van der Waals surface area (Å²) in [5.74, 6) is -7.81. The minimum Gasteiger partial charge on any atom is -0.464 e. The first kappa shape index (κ1) is 26.4. The molecule has 190 valence electrons. The first-order valence-corrected chi connectivity index (χ1v) is 12.6. The number of fused-ring (bicyclic) bond motifs is 1. The molecule has 3 aliphatic heterocycles. The maximum absolute atomic E-state index is 13.5. The van der Waals surface area contributed by atoms with Crippen molar-refractivity contribution in [1.82, 2.24) is 0 Å². The van der Waals surface area contributed by atoms with Crippen LogP contribution in [0.5, 0.6) is 0 Å². The second-order valence-corrected chi connectivity index (χ2v) is 11.1. The summed E-state index contributed by atoms with van der Waals surface area (Å²) in [5, 5.41) is 4.65. The van der Waals surface area contributed by atoms with Crippen molar-refractivity contribution in [3.05, 3.63) is 0 Å². The number of aliphatic hydroxyl groups is 1. The lowest BCUT2D eigenvalue weighted by atomic mass is 9.67. The molecule has 3 fully saturated rings. The summed E-state index contributed by atoms with van der Waals surface area (Å²) in [5.41, 5.74) is -1.16. The molecule has 6 atom stereocenters. The van der Waals surface area contributed by atoms with Crippen LogP contribution in [0.25, 0.3) is 0 Å². The molecule has 0 aromatic heterocycles. The van der Waals surface area contributed by atoms with E-state index in [2.05, 4.69) is 4.74 Å². The summed E-state index contributed by atoms with van der Waals surface area (Å²) in [7, 11) is -6.38. The lowest BCUT2D eigenvalue weighted by molar-refractivity contribution is -0.177. The van der Waals surface area contributed by atoms with Gasteiger partial charge in [0.05, 0.1) is 29.8 Å². The maximum atomic E-state index is 13.5. The van der Waals surface area contributed by atoms with E-state index in [1.807, 2.05) is 0 Å². The van der Waals surface area contributed by atoms with E-state index in [0.29, 0.717) is 12.8 Å². The van der Waals surface area contributed by atoms with E-state index < -0.39 is 82.5 Å². The summed E-state index contributed by atoms with van der Waals surface area (Å²) in [6.07, 6.45) is -2.53. The zero-order valence-corrected chi connectivity index (χ0v) is 19.2. The zero-order chi connectivity index (χ0) is 25.0. The number of hydrogen-bond donors (Lipinski definition) is 2. The van der Waals surface area contributed by atoms with Gasteiger partial charge in [0.15, 0.2) is 0 Å². The fourth-order valence-corrected chi connectivity index (χ4v) is 7.35. The fourth-order valence-electron chi connectivity index (χ4n) is 4.71. The van der Waals surface area contributed by atoms with Crippen LogP contribution in [0.3, 0.4) is 0 Å². The molecule has 0 saturated carbocycles. The number of thioether (sulfide) groups is 1. The van der Waals surface area contributed by atoms with Crippen LogP contribution in [-0.2, 0) is 33.9 Å². The van der Waals surface area contributed by atoms with Gasteiger partial charge in [-0.2, -0.15) is 26.0 Å². The number of carbonyl (C=O) groups excluding carboxylic acids is 2. The molecule has 0 spiro atoms. The molecule has 3 saturated heterocycles. The summed E-state index contributed by atoms with van der Waals surface area (Å²) < 4.78 is 97.8. The van der Waals surface area contributed by atoms with Crippen LogP contribution in [0.1, 0.15) is 33.1 Å². The Morgan fingerprint density at radius 3 is 2.33 bits per heavy atom. The summed E-state index contributed by atoms with van der Waals surface area (Å²) in [6, 6.07) is 0. The molecule has 0 amide bonds. The Morgan fingerprint density at radius 1 is 1.18 bits per heavy atom. The van der Waals surface area contributed by atoms with E-state index in [9.17, 15) is 40.7 Å². The van der Waals surface area contributed by atoms with Gasteiger partial charge in [-0.05, 0) is 12.8 Å². The van der Waals surface area contributed by atoms with Gasteiger partial charge in [-0.3, -0.25) is 9.35 Å². The normalized spacial score (nSPS) is 31.7. The highest BCUT2D eigenvalue weighted by molar-refractivity contribution is 8.01. The van der Waals surface area contributed by atoms with E-state index in [1.54, 1.807) is 13.8 Å². The highest BCUT2D eigenvalue weighted by atomic mass is 32.2. The van der Waals surface area contributed by atoms with Crippen molar-refractivity contribution in [2.75, 3.05) is 13.2 Å². The zero-order valence-electron chi connectivity index (χ0n) is 17.6. The lowest BCUT2D eigenvalue weighted by Gasteiger charge is -2.40. The average Bonchev–Trinajstić information content (AvgIpc) is 3.33. The van der Waals surface area contributed by atoms with Crippen molar-refractivity contribution < 1.29 is 59.4 Å². The van der Waals surface area contributed by atoms with Crippen molar-refractivity contribution in [3.8, 4) is 0 Å². The highest BCUT2D eigenvalue weighted by Crippen LogP contribution is 2.62. The standard InChI is InChI=1S/C18H24F4O9S2/c1-3-16(25,4-2)10-9-13-12(31-15(9)24)11(14(10)32-13)30-7-8(23)29-6-5-17(19,20)18(21,22)33(26,27)28/h9-14,25H,3-7H2,1-2H3,(H,26,27,28). The van der Waals surface area contributed by atoms with E-state index in [4.69, 9.17) is 14.0 Å². The molecule has 2 N–H and O–H groups in total. The molecule has 3 heterocycles. The Hall–Kier alpha value is -1.16. The minimum atomic E-state index is -6.38. The van der Waals surface area contributed by atoms with Gasteiger partial charge in [0, 0.05) is 11.2 Å². The molecule has 3 aliphatic rings. The molecule has 0 aromatic rings. The van der Waals surface area contributed by atoms with Crippen LogP contribution in [0.15, 0.2) is 0 Å². The molecule has 9 nitrogen and oxygen atoms in total. The quantitative estimate of drug-likeness (QED) is 0.233. The van der Waals surface area contributed by atoms with Gasteiger partial charge >= 0.3 is 33.2 Å². The van der Waals surface area contributed by atoms with Crippen molar-refractivity contribution in [2.24, 2.45) is 11.8 Å². The van der Waals surface area contributed by atoms with Crippen LogP contribution in [0, 0.1) is 11.8 Å². The largest absolute Gasteiger partial charge is 0.464 e. The van der Waals surface area contributed by atoms with Gasteiger partial charge in [0.2, 0.25) is 0 Å². The van der Waals surface area contributed by atoms with E-state index in [0.717, 1.165) is 0 Å². The SMILES string of the molecule is CCC(O)(CC)C1C2SC3C(OC(=O)C31)C2OCC(=O)OCCC(F)(F)C(F)(F)S(=O)(=O)O. The molecule has 2 bridgehead atoms. The summed E-state index contributed by atoms with van der Waals surface area (Å²) in [4.78, 5) is 24.3. The molecular weight excluding hydrogens is 500 g/mol. The topological polar surface area (TPSA) is 136 Å². The third-order valence-corrected chi connectivity index (χ3v) is 9.27. The second-order valence-electron chi connectivity index (χ2n) is 8.27. The third kappa shape index (κ3) is 4.34. The number of rotatable bonds is 11. The Kier molecular flexibility index (Phi) is 7.06. The molecule has 0 aromatic carbocycles. The molecule has 15 heteroatoms. The Balaban J connectivity index is 1.57.